The van der Waals surface area contributed by atoms with Crippen molar-refractivity contribution in [3.63, 3.8) is 0 Å². The van der Waals surface area contributed by atoms with Gasteiger partial charge < -0.3 is 0 Å². The first-order chi connectivity index (χ1) is 11.8. The van der Waals surface area contributed by atoms with Crippen molar-refractivity contribution in [1.82, 2.24) is 0 Å². The maximum Gasteiger partial charge on any atom is -0.0162 e. The molecule has 0 bridgehead atoms. The van der Waals surface area contributed by atoms with E-state index in [0.29, 0.717) is 0 Å². The molecule has 0 nitrogen and oxygen atoms in total. The lowest BCUT2D eigenvalue weighted by Gasteiger charge is -2.37. The Balaban J connectivity index is 1.47. The van der Waals surface area contributed by atoms with Gasteiger partial charge in [-0.1, -0.05) is 49.8 Å². The van der Waals surface area contributed by atoms with Crippen LogP contribution >= 0.6 is 0 Å². The molecular weight excluding hydrogens is 288 g/mol. The Labute approximate surface area is 149 Å². The lowest BCUT2D eigenvalue weighted by atomic mass is 9.68. The first-order valence-electron chi connectivity index (χ1n) is 10.5. The van der Waals surface area contributed by atoms with Crippen molar-refractivity contribution < 1.29 is 0 Å². The SMILES string of the molecule is C/C=C/C1CCC(C2CCC(c3ccc(CCC)cc3)CC2)CC1. The maximum absolute atomic E-state index is 2.44. The Bertz CT molecular complexity index is 493. The molecular formula is C24H36. The normalized spacial score (nSPS) is 31.4. The first-order valence-corrected chi connectivity index (χ1v) is 10.5. The largest absolute Gasteiger partial charge is 0.0914 e. The monoisotopic (exact) mass is 324 g/mol. The van der Waals surface area contributed by atoms with Crippen LogP contribution in [0.5, 0.6) is 0 Å². The van der Waals surface area contributed by atoms with E-state index in [2.05, 4.69) is 50.3 Å². The van der Waals surface area contributed by atoms with Crippen LogP contribution in [-0.4, -0.2) is 0 Å². The molecule has 0 unspecified atom stereocenters. The third kappa shape index (κ3) is 4.52. The average Bonchev–Trinajstić information content (AvgIpc) is 2.64. The third-order valence-electron chi connectivity index (χ3n) is 6.71. The van der Waals surface area contributed by atoms with E-state index in [9.17, 15) is 0 Å². The molecule has 2 saturated carbocycles. The fraction of sp³-hybridized carbons (Fsp3) is 0.667. The van der Waals surface area contributed by atoms with Crippen LogP contribution in [0.2, 0.25) is 0 Å². The number of hydrogen-bond acceptors (Lipinski definition) is 0. The molecule has 2 fully saturated rings. The molecule has 132 valence electrons. The summed E-state index contributed by atoms with van der Waals surface area (Å²) in [6.45, 7) is 4.43. The molecule has 0 heteroatoms. The third-order valence-corrected chi connectivity index (χ3v) is 6.71. The molecule has 0 amide bonds. The van der Waals surface area contributed by atoms with Gasteiger partial charge in [-0.15, -0.1) is 0 Å². The molecule has 2 aliphatic carbocycles. The summed E-state index contributed by atoms with van der Waals surface area (Å²) in [5.41, 5.74) is 3.11. The van der Waals surface area contributed by atoms with Crippen molar-refractivity contribution in [2.75, 3.05) is 0 Å². The highest BCUT2D eigenvalue weighted by molar-refractivity contribution is 5.26. The molecule has 0 N–H and O–H groups in total. The van der Waals surface area contributed by atoms with Crippen molar-refractivity contribution in [1.29, 1.82) is 0 Å². The van der Waals surface area contributed by atoms with E-state index in [1.165, 1.54) is 69.8 Å². The maximum atomic E-state index is 2.44. The van der Waals surface area contributed by atoms with Gasteiger partial charge in [0.1, 0.15) is 0 Å². The molecule has 0 aliphatic heterocycles. The lowest BCUT2D eigenvalue weighted by Crippen LogP contribution is -2.25. The van der Waals surface area contributed by atoms with E-state index in [0.717, 1.165) is 23.7 Å². The van der Waals surface area contributed by atoms with Gasteiger partial charge in [-0.2, -0.15) is 0 Å². The average molecular weight is 325 g/mol. The van der Waals surface area contributed by atoms with Gasteiger partial charge in [0.25, 0.3) is 0 Å². The molecule has 0 spiro atoms. The summed E-state index contributed by atoms with van der Waals surface area (Å²) >= 11 is 0. The highest BCUT2D eigenvalue weighted by Gasteiger charge is 2.30. The second-order valence-electron chi connectivity index (χ2n) is 8.30. The van der Waals surface area contributed by atoms with Crippen LogP contribution in [0, 0.1) is 17.8 Å². The second kappa shape index (κ2) is 8.88. The molecule has 2 aliphatic rings. The second-order valence-corrected chi connectivity index (χ2v) is 8.30. The van der Waals surface area contributed by atoms with Gasteiger partial charge in [0.2, 0.25) is 0 Å². The highest BCUT2D eigenvalue weighted by atomic mass is 14.4. The number of rotatable bonds is 5. The smallest absolute Gasteiger partial charge is 0.0162 e. The molecule has 3 rings (SSSR count). The highest BCUT2D eigenvalue weighted by Crippen LogP contribution is 2.44. The molecule has 0 aromatic heterocycles. The topological polar surface area (TPSA) is 0 Å². The van der Waals surface area contributed by atoms with E-state index in [1.54, 1.807) is 5.56 Å². The molecule has 1 aromatic carbocycles. The minimum Gasteiger partial charge on any atom is -0.0914 e. The zero-order valence-corrected chi connectivity index (χ0v) is 15.8. The van der Waals surface area contributed by atoms with Crippen LogP contribution in [0.15, 0.2) is 36.4 Å². The molecule has 1 aromatic rings. The summed E-state index contributed by atoms with van der Waals surface area (Å²) in [6.07, 6.45) is 18.8. The Kier molecular flexibility index (Phi) is 6.58. The molecule has 0 radical (unpaired) electrons. The lowest BCUT2D eigenvalue weighted by molar-refractivity contribution is 0.171. The standard InChI is InChI=1S/C24H36/c1-3-5-19-7-11-21(12-8-19)23-15-17-24(18-16-23)22-13-9-20(6-4-2)10-14-22/h3,5,9-10,13-14,19,21,23-24H,4,6-8,11-12,15-18H2,1-2H3/b5-3+. The zero-order valence-electron chi connectivity index (χ0n) is 15.8. The minimum absolute atomic E-state index is 0.830. The van der Waals surface area contributed by atoms with Crippen LogP contribution in [0.1, 0.15) is 88.7 Å². The van der Waals surface area contributed by atoms with Crippen molar-refractivity contribution in [2.45, 2.75) is 84.0 Å². The molecule has 0 atom stereocenters. The Morgan fingerprint density at radius 1 is 0.833 bits per heavy atom. The Hall–Kier alpha value is -1.04. The fourth-order valence-electron chi connectivity index (χ4n) is 5.25. The van der Waals surface area contributed by atoms with Crippen molar-refractivity contribution in [3.8, 4) is 0 Å². The molecule has 0 saturated heterocycles. The van der Waals surface area contributed by atoms with Crippen LogP contribution in [-0.2, 0) is 6.42 Å². The quantitative estimate of drug-likeness (QED) is 0.499. The summed E-state index contributed by atoms with van der Waals surface area (Å²) in [5.74, 6) is 3.76. The number of allylic oxidation sites excluding steroid dienone is 2. The van der Waals surface area contributed by atoms with Crippen molar-refractivity contribution in [3.05, 3.63) is 47.5 Å². The van der Waals surface area contributed by atoms with E-state index in [-0.39, 0.29) is 0 Å². The van der Waals surface area contributed by atoms with E-state index in [1.807, 2.05) is 0 Å². The van der Waals surface area contributed by atoms with Crippen LogP contribution in [0.4, 0.5) is 0 Å². The van der Waals surface area contributed by atoms with Crippen molar-refractivity contribution >= 4 is 0 Å². The summed E-state index contributed by atoms with van der Waals surface area (Å²) in [7, 11) is 0. The molecule has 0 heterocycles. The van der Waals surface area contributed by atoms with Gasteiger partial charge in [-0.3, -0.25) is 0 Å². The van der Waals surface area contributed by atoms with Crippen molar-refractivity contribution in [2.24, 2.45) is 17.8 Å². The summed E-state index contributed by atoms with van der Waals surface area (Å²) < 4.78 is 0. The van der Waals surface area contributed by atoms with E-state index < -0.39 is 0 Å². The zero-order chi connectivity index (χ0) is 16.8. The minimum atomic E-state index is 0.830. The number of hydrogen-bond donors (Lipinski definition) is 0. The predicted octanol–water partition coefficient (Wildman–Crippen LogP) is 7.30. The summed E-state index contributed by atoms with van der Waals surface area (Å²) in [6, 6.07) is 9.57. The van der Waals surface area contributed by atoms with Gasteiger partial charge in [0.05, 0.1) is 0 Å². The van der Waals surface area contributed by atoms with Gasteiger partial charge in [-0.25, -0.2) is 0 Å². The summed E-state index contributed by atoms with van der Waals surface area (Å²) in [4.78, 5) is 0. The van der Waals surface area contributed by atoms with Gasteiger partial charge in [0.15, 0.2) is 0 Å². The van der Waals surface area contributed by atoms with Crippen LogP contribution in [0.25, 0.3) is 0 Å². The van der Waals surface area contributed by atoms with Crippen LogP contribution < -0.4 is 0 Å². The summed E-state index contributed by atoms with van der Waals surface area (Å²) in [5, 5.41) is 0. The Morgan fingerprint density at radius 3 is 1.96 bits per heavy atom. The number of benzene rings is 1. The van der Waals surface area contributed by atoms with Gasteiger partial charge in [-0.05, 0) is 99.5 Å². The van der Waals surface area contributed by atoms with Crippen LogP contribution in [0.3, 0.4) is 0 Å². The molecule has 24 heavy (non-hydrogen) atoms. The fourth-order valence-corrected chi connectivity index (χ4v) is 5.25. The van der Waals surface area contributed by atoms with E-state index >= 15 is 0 Å². The Morgan fingerprint density at radius 2 is 1.42 bits per heavy atom. The first kappa shape index (κ1) is 17.8. The number of aryl methyl sites for hydroxylation is 1. The predicted molar refractivity (Wildman–Crippen MR) is 105 cm³/mol. The van der Waals surface area contributed by atoms with Gasteiger partial charge >= 0.3 is 0 Å². The van der Waals surface area contributed by atoms with Gasteiger partial charge in [0, 0.05) is 0 Å². The van der Waals surface area contributed by atoms with E-state index in [4.69, 9.17) is 0 Å².